The molecule has 7 nitrogen and oxygen atoms in total. The number of aliphatic carboxylic acids is 1. The molecule has 0 aliphatic rings. The Morgan fingerprint density at radius 3 is 2.71 bits per heavy atom. The zero-order valence-corrected chi connectivity index (χ0v) is 19.4. The summed E-state index contributed by atoms with van der Waals surface area (Å²) in [5.74, 6) is 0.172. The smallest absolute Gasteiger partial charge is 0.307 e. The Balaban J connectivity index is 1.56. The van der Waals surface area contributed by atoms with E-state index in [1.807, 2.05) is 35.0 Å². The van der Waals surface area contributed by atoms with Crippen LogP contribution < -0.4 is 10.5 Å². The maximum absolute atomic E-state index is 11.2. The average Bonchev–Trinajstić information content (AvgIpc) is 3.20. The van der Waals surface area contributed by atoms with Crippen LogP contribution in [0.15, 0.2) is 72.9 Å². The fraction of sp³-hybridized carbons (Fsp3) is 0.179. The Bertz CT molecular complexity index is 1540. The van der Waals surface area contributed by atoms with Crippen molar-refractivity contribution in [2.75, 3.05) is 5.73 Å². The lowest BCUT2D eigenvalue weighted by Gasteiger charge is -2.10. The molecule has 35 heavy (non-hydrogen) atoms. The third-order valence-corrected chi connectivity index (χ3v) is 6.09. The number of nitrogen functional groups attached to an aromatic ring is 1. The van der Waals surface area contributed by atoms with Gasteiger partial charge in [-0.1, -0.05) is 49.4 Å². The summed E-state index contributed by atoms with van der Waals surface area (Å²) in [5, 5.41) is 17.0. The van der Waals surface area contributed by atoms with Gasteiger partial charge in [-0.25, -0.2) is 4.98 Å². The SMILES string of the molecule is CCCn1nc(COc2ccccc2CC(=O)O)c2cc(-c3cccc4c(N)nccc34)ccc21. The number of anilines is 1. The van der Waals surface area contributed by atoms with Crippen molar-refractivity contribution in [1.29, 1.82) is 0 Å². The van der Waals surface area contributed by atoms with Gasteiger partial charge >= 0.3 is 5.97 Å². The lowest BCUT2D eigenvalue weighted by atomic mass is 9.97. The largest absolute Gasteiger partial charge is 0.487 e. The molecule has 0 amide bonds. The third kappa shape index (κ3) is 4.40. The van der Waals surface area contributed by atoms with Gasteiger partial charge < -0.3 is 15.6 Å². The van der Waals surface area contributed by atoms with Gasteiger partial charge in [0.1, 0.15) is 23.9 Å². The van der Waals surface area contributed by atoms with Crippen LogP contribution in [0.3, 0.4) is 0 Å². The number of nitrogens with zero attached hydrogens (tertiary/aromatic N) is 3. The number of carboxylic acid groups (broad SMARTS) is 1. The van der Waals surface area contributed by atoms with Crippen LogP contribution in [0.5, 0.6) is 5.75 Å². The summed E-state index contributed by atoms with van der Waals surface area (Å²) < 4.78 is 8.10. The first kappa shape index (κ1) is 22.4. The van der Waals surface area contributed by atoms with Gasteiger partial charge in [0.15, 0.2) is 0 Å². The fourth-order valence-electron chi connectivity index (χ4n) is 4.48. The van der Waals surface area contributed by atoms with Crippen molar-refractivity contribution in [3.05, 3.63) is 84.2 Å². The molecule has 0 aliphatic carbocycles. The molecule has 0 unspecified atom stereocenters. The molecule has 2 heterocycles. The highest BCUT2D eigenvalue weighted by Crippen LogP contribution is 2.33. The number of benzene rings is 3. The standard InChI is InChI=1S/C28H26N4O3/c1-2-14-32-25-11-10-18(20-7-5-8-22-21(20)12-13-30-28(22)29)15-23(25)24(31-32)17-35-26-9-4-3-6-19(26)16-27(33)34/h3-13,15H,2,14,16-17H2,1H3,(H2,29,30)(H,33,34). The number of rotatable bonds is 8. The number of hydrogen-bond donors (Lipinski definition) is 2. The quantitative estimate of drug-likeness (QED) is 0.315. The minimum atomic E-state index is -0.894. The Kier molecular flexibility index (Phi) is 6.06. The molecule has 0 spiro atoms. The predicted molar refractivity (Wildman–Crippen MR) is 137 cm³/mol. The molecule has 2 aromatic heterocycles. The maximum Gasteiger partial charge on any atom is 0.307 e. The summed E-state index contributed by atoms with van der Waals surface area (Å²) in [6.07, 6.45) is 2.59. The van der Waals surface area contributed by atoms with E-state index in [1.165, 1.54) is 0 Å². The molecule has 0 atom stereocenters. The lowest BCUT2D eigenvalue weighted by molar-refractivity contribution is -0.136. The van der Waals surface area contributed by atoms with Gasteiger partial charge in [-0.2, -0.15) is 5.10 Å². The number of fused-ring (bicyclic) bond motifs is 2. The molecule has 0 saturated heterocycles. The highest BCUT2D eigenvalue weighted by molar-refractivity contribution is 6.02. The lowest BCUT2D eigenvalue weighted by Crippen LogP contribution is -2.05. The van der Waals surface area contributed by atoms with Crippen molar-refractivity contribution in [1.82, 2.24) is 14.8 Å². The van der Waals surface area contributed by atoms with Gasteiger partial charge in [0.25, 0.3) is 0 Å². The number of pyridine rings is 1. The van der Waals surface area contributed by atoms with Gasteiger partial charge in [-0.3, -0.25) is 9.48 Å². The molecule has 7 heteroatoms. The molecular weight excluding hydrogens is 440 g/mol. The van der Waals surface area contributed by atoms with E-state index in [9.17, 15) is 9.90 Å². The van der Waals surface area contributed by atoms with E-state index >= 15 is 0 Å². The van der Waals surface area contributed by atoms with Gasteiger partial charge in [0.05, 0.1) is 11.9 Å². The maximum atomic E-state index is 11.2. The second-order valence-electron chi connectivity index (χ2n) is 8.47. The zero-order chi connectivity index (χ0) is 24.4. The van der Waals surface area contributed by atoms with Gasteiger partial charge in [0, 0.05) is 29.1 Å². The van der Waals surface area contributed by atoms with E-state index in [0.717, 1.165) is 51.5 Å². The van der Waals surface area contributed by atoms with E-state index < -0.39 is 5.97 Å². The first-order chi connectivity index (χ1) is 17.0. The summed E-state index contributed by atoms with van der Waals surface area (Å²) in [5.41, 5.74) is 10.7. The van der Waals surface area contributed by atoms with Crippen molar-refractivity contribution < 1.29 is 14.6 Å². The Morgan fingerprint density at radius 1 is 1.03 bits per heavy atom. The molecule has 3 aromatic carbocycles. The van der Waals surface area contributed by atoms with Crippen LogP contribution in [0.2, 0.25) is 0 Å². The van der Waals surface area contributed by atoms with Crippen LogP contribution >= 0.6 is 0 Å². The van der Waals surface area contributed by atoms with Gasteiger partial charge in [-0.15, -0.1) is 0 Å². The summed E-state index contributed by atoms with van der Waals surface area (Å²) in [6, 6.07) is 21.6. The minimum Gasteiger partial charge on any atom is -0.487 e. The number of aromatic nitrogens is 3. The van der Waals surface area contributed by atoms with Crippen LogP contribution in [0, 0.1) is 0 Å². The molecule has 5 aromatic rings. The fourth-order valence-corrected chi connectivity index (χ4v) is 4.48. The molecule has 5 rings (SSSR count). The number of carbonyl (C=O) groups is 1. The summed E-state index contributed by atoms with van der Waals surface area (Å²) >= 11 is 0. The number of para-hydroxylation sites is 1. The zero-order valence-electron chi connectivity index (χ0n) is 19.4. The Labute approximate surface area is 202 Å². The average molecular weight is 467 g/mol. The van der Waals surface area contributed by atoms with Crippen molar-refractivity contribution in [2.24, 2.45) is 0 Å². The highest BCUT2D eigenvalue weighted by atomic mass is 16.5. The number of hydrogen-bond acceptors (Lipinski definition) is 5. The molecule has 0 saturated carbocycles. The predicted octanol–water partition coefficient (Wildman–Crippen LogP) is 5.45. The van der Waals surface area contributed by atoms with Crippen molar-refractivity contribution in [2.45, 2.75) is 32.9 Å². The van der Waals surface area contributed by atoms with Crippen LogP contribution in [0.4, 0.5) is 5.82 Å². The minimum absolute atomic E-state index is 0.0928. The summed E-state index contributed by atoms with van der Waals surface area (Å²) in [7, 11) is 0. The molecule has 3 N–H and O–H groups in total. The Hall–Kier alpha value is -4.39. The molecule has 176 valence electrons. The molecule has 0 radical (unpaired) electrons. The summed E-state index contributed by atoms with van der Waals surface area (Å²) in [4.78, 5) is 15.5. The van der Waals surface area contributed by atoms with Crippen LogP contribution in [-0.2, 0) is 24.4 Å². The molecule has 0 fully saturated rings. The second-order valence-corrected chi connectivity index (χ2v) is 8.47. The highest BCUT2D eigenvalue weighted by Gasteiger charge is 2.15. The first-order valence-electron chi connectivity index (χ1n) is 11.6. The van der Waals surface area contributed by atoms with E-state index in [0.29, 0.717) is 17.1 Å². The van der Waals surface area contributed by atoms with Crippen LogP contribution in [-0.4, -0.2) is 25.8 Å². The molecule has 0 aliphatic heterocycles. The monoisotopic (exact) mass is 466 g/mol. The second kappa shape index (κ2) is 9.46. The Morgan fingerprint density at radius 2 is 1.89 bits per heavy atom. The van der Waals surface area contributed by atoms with Crippen molar-refractivity contribution >= 4 is 33.5 Å². The normalized spacial score (nSPS) is 11.2. The molecule has 0 bridgehead atoms. The van der Waals surface area contributed by atoms with Crippen LogP contribution in [0.1, 0.15) is 24.6 Å². The van der Waals surface area contributed by atoms with E-state index in [2.05, 4.69) is 36.2 Å². The van der Waals surface area contributed by atoms with E-state index in [4.69, 9.17) is 15.6 Å². The molecular formula is C28H26N4O3. The van der Waals surface area contributed by atoms with Gasteiger partial charge in [0.2, 0.25) is 0 Å². The summed E-state index contributed by atoms with van der Waals surface area (Å²) in [6.45, 7) is 3.15. The first-order valence-corrected chi connectivity index (χ1v) is 11.6. The number of ether oxygens (including phenoxy) is 1. The number of carboxylic acids is 1. The van der Waals surface area contributed by atoms with Crippen molar-refractivity contribution in [3.63, 3.8) is 0 Å². The third-order valence-electron chi connectivity index (χ3n) is 6.09. The van der Waals surface area contributed by atoms with Crippen molar-refractivity contribution in [3.8, 4) is 16.9 Å². The van der Waals surface area contributed by atoms with Crippen LogP contribution in [0.25, 0.3) is 32.8 Å². The van der Waals surface area contributed by atoms with Gasteiger partial charge in [-0.05, 0) is 47.2 Å². The van der Waals surface area contributed by atoms with E-state index in [-0.39, 0.29) is 13.0 Å². The topological polar surface area (TPSA) is 103 Å². The van der Waals surface area contributed by atoms with E-state index in [1.54, 1.807) is 18.3 Å². The number of aryl methyl sites for hydroxylation is 1. The number of nitrogens with two attached hydrogens (primary N) is 1.